The number of nitrogens with zero attached hydrogens (tertiary/aromatic N) is 1. The third-order valence-electron chi connectivity index (χ3n) is 3.22. The van der Waals surface area contributed by atoms with Gasteiger partial charge >= 0.3 is 0 Å². The third-order valence-corrected chi connectivity index (χ3v) is 3.22. The molecule has 0 amide bonds. The van der Waals surface area contributed by atoms with Gasteiger partial charge < -0.3 is 10.8 Å². The van der Waals surface area contributed by atoms with E-state index in [1.54, 1.807) is 6.07 Å². The highest BCUT2D eigenvalue weighted by molar-refractivity contribution is 5.24. The molecule has 0 bridgehead atoms. The van der Waals surface area contributed by atoms with Gasteiger partial charge in [-0.15, -0.1) is 0 Å². The lowest BCUT2D eigenvalue weighted by Crippen LogP contribution is -2.35. The fourth-order valence-corrected chi connectivity index (χ4v) is 2.26. The van der Waals surface area contributed by atoms with Crippen LogP contribution in [0, 0.1) is 5.82 Å². The minimum Gasteiger partial charge on any atom is -0.393 e. The molecule has 3 nitrogen and oxygen atoms in total. The molecule has 0 aliphatic carbocycles. The molecule has 2 rings (SSSR count). The van der Waals surface area contributed by atoms with Crippen molar-refractivity contribution in [2.75, 3.05) is 13.1 Å². The van der Waals surface area contributed by atoms with Crippen molar-refractivity contribution >= 4 is 0 Å². The lowest BCUT2D eigenvalue weighted by atomic mass is 10.1. The minimum absolute atomic E-state index is 0.168. The van der Waals surface area contributed by atoms with Crippen LogP contribution in [-0.4, -0.2) is 29.2 Å². The van der Waals surface area contributed by atoms with E-state index in [0.29, 0.717) is 6.54 Å². The van der Waals surface area contributed by atoms with E-state index < -0.39 is 0 Å². The summed E-state index contributed by atoms with van der Waals surface area (Å²) in [6.45, 7) is 2.84. The Morgan fingerprint density at radius 1 is 1.24 bits per heavy atom. The second kappa shape index (κ2) is 5.58. The first-order chi connectivity index (χ1) is 8.17. The summed E-state index contributed by atoms with van der Waals surface area (Å²) in [6.07, 6.45) is 1.44. The molecule has 0 unspecified atom stereocenters. The predicted octanol–water partition coefficient (Wildman–Crippen LogP) is 1.24. The number of hydrogen-bond acceptors (Lipinski definition) is 3. The van der Waals surface area contributed by atoms with Gasteiger partial charge in [-0.2, -0.15) is 0 Å². The first kappa shape index (κ1) is 12.5. The maximum atomic E-state index is 13.3. The van der Waals surface area contributed by atoms with Gasteiger partial charge in [-0.3, -0.25) is 4.90 Å². The van der Waals surface area contributed by atoms with Gasteiger partial charge in [0, 0.05) is 26.2 Å². The lowest BCUT2D eigenvalue weighted by Gasteiger charge is -2.29. The number of halogens is 1. The second-order valence-corrected chi connectivity index (χ2v) is 4.68. The van der Waals surface area contributed by atoms with Crippen LogP contribution < -0.4 is 5.73 Å². The highest BCUT2D eigenvalue weighted by Gasteiger charge is 2.17. The Hall–Kier alpha value is -0.970. The largest absolute Gasteiger partial charge is 0.393 e. The summed E-state index contributed by atoms with van der Waals surface area (Å²) < 4.78 is 13.3. The van der Waals surface area contributed by atoms with E-state index >= 15 is 0 Å². The Bertz CT molecular complexity index is 376. The van der Waals surface area contributed by atoms with Crippen LogP contribution in [0.5, 0.6) is 0 Å². The molecule has 1 aromatic carbocycles. The Morgan fingerprint density at radius 2 is 1.88 bits per heavy atom. The molecule has 1 aliphatic heterocycles. The van der Waals surface area contributed by atoms with Crippen LogP contribution in [-0.2, 0) is 13.1 Å². The smallest absolute Gasteiger partial charge is 0.123 e. The molecule has 0 radical (unpaired) electrons. The molecule has 0 saturated carbocycles. The second-order valence-electron chi connectivity index (χ2n) is 4.68. The molecule has 1 aromatic rings. The quantitative estimate of drug-likeness (QED) is 0.833. The van der Waals surface area contributed by atoms with Crippen molar-refractivity contribution in [2.45, 2.75) is 32.0 Å². The van der Waals surface area contributed by atoms with Crippen LogP contribution in [0.4, 0.5) is 4.39 Å². The van der Waals surface area contributed by atoms with E-state index in [4.69, 9.17) is 5.73 Å². The molecule has 0 spiro atoms. The van der Waals surface area contributed by atoms with Crippen molar-refractivity contribution in [3.8, 4) is 0 Å². The highest BCUT2D eigenvalue weighted by Crippen LogP contribution is 2.15. The number of hydrogen-bond donors (Lipinski definition) is 2. The Morgan fingerprint density at radius 3 is 2.53 bits per heavy atom. The predicted molar refractivity (Wildman–Crippen MR) is 64.8 cm³/mol. The SMILES string of the molecule is NCc1cc(F)cc(CN2CCC(O)CC2)c1. The molecule has 1 saturated heterocycles. The van der Waals surface area contributed by atoms with Gasteiger partial charge in [-0.1, -0.05) is 6.07 Å². The zero-order valence-electron chi connectivity index (χ0n) is 9.90. The Balaban J connectivity index is 2.00. The number of aliphatic hydroxyl groups is 1. The Labute approximate surface area is 101 Å². The molecule has 0 aromatic heterocycles. The number of piperidine rings is 1. The van der Waals surface area contributed by atoms with E-state index in [1.165, 1.54) is 6.07 Å². The summed E-state index contributed by atoms with van der Waals surface area (Å²) in [4.78, 5) is 2.24. The van der Waals surface area contributed by atoms with Gasteiger partial charge in [0.1, 0.15) is 5.82 Å². The number of likely N-dealkylation sites (tertiary alicyclic amines) is 1. The minimum atomic E-state index is -0.222. The van der Waals surface area contributed by atoms with Gasteiger partial charge in [-0.05, 0) is 36.1 Å². The fourth-order valence-electron chi connectivity index (χ4n) is 2.26. The maximum Gasteiger partial charge on any atom is 0.123 e. The molecule has 94 valence electrons. The maximum absolute atomic E-state index is 13.3. The molecule has 1 fully saturated rings. The van der Waals surface area contributed by atoms with Gasteiger partial charge in [0.2, 0.25) is 0 Å². The normalized spacial score (nSPS) is 18.5. The van der Waals surface area contributed by atoms with Crippen LogP contribution in [0.15, 0.2) is 18.2 Å². The third kappa shape index (κ3) is 3.49. The van der Waals surface area contributed by atoms with E-state index in [1.807, 2.05) is 6.07 Å². The molecule has 0 atom stereocenters. The zero-order valence-corrected chi connectivity index (χ0v) is 9.90. The molecule has 17 heavy (non-hydrogen) atoms. The molecule has 1 aliphatic rings. The number of benzene rings is 1. The van der Waals surface area contributed by atoms with Crippen LogP contribution in [0.2, 0.25) is 0 Å². The molecule has 3 N–H and O–H groups in total. The van der Waals surface area contributed by atoms with E-state index in [-0.39, 0.29) is 11.9 Å². The molecular weight excluding hydrogens is 219 g/mol. The van der Waals surface area contributed by atoms with Crippen molar-refractivity contribution in [3.63, 3.8) is 0 Å². The molecular formula is C13H19FN2O. The first-order valence-electron chi connectivity index (χ1n) is 6.06. The average Bonchev–Trinajstić information content (AvgIpc) is 2.31. The average molecular weight is 238 g/mol. The van der Waals surface area contributed by atoms with Crippen molar-refractivity contribution in [1.29, 1.82) is 0 Å². The molecule has 1 heterocycles. The van der Waals surface area contributed by atoms with Crippen molar-refractivity contribution in [2.24, 2.45) is 5.73 Å². The number of nitrogens with two attached hydrogens (primary N) is 1. The summed E-state index contributed by atoms with van der Waals surface area (Å²) in [6, 6.07) is 4.99. The number of rotatable bonds is 3. The summed E-state index contributed by atoms with van der Waals surface area (Å²) >= 11 is 0. The van der Waals surface area contributed by atoms with E-state index in [2.05, 4.69) is 4.90 Å². The first-order valence-corrected chi connectivity index (χ1v) is 6.06. The standard InChI is InChI=1S/C13H19FN2O/c14-12-6-10(8-15)5-11(7-12)9-16-3-1-13(17)2-4-16/h5-7,13,17H,1-4,8-9,15H2. The summed E-state index contributed by atoms with van der Waals surface area (Å²) in [5.41, 5.74) is 7.32. The van der Waals surface area contributed by atoms with Gasteiger partial charge in [0.25, 0.3) is 0 Å². The lowest BCUT2D eigenvalue weighted by molar-refractivity contribution is 0.0792. The molecule has 4 heteroatoms. The van der Waals surface area contributed by atoms with Gasteiger partial charge in [0.05, 0.1) is 6.10 Å². The van der Waals surface area contributed by atoms with Crippen LogP contribution in [0.3, 0.4) is 0 Å². The van der Waals surface area contributed by atoms with Crippen LogP contribution >= 0.6 is 0 Å². The van der Waals surface area contributed by atoms with E-state index in [9.17, 15) is 9.50 Å². The summed E-state index contributed by atoms with van der Waals surface area (Å²) in [7, 11) is 0. The summed E-state index contributed by atoms with van der Waals surface area (Å²) in [5.74, 6) is -0.222. The summed E-state index contributed by atoms with van der Waals surface area (Å²) in [5, 5.41) is 9.42. The van der Waals surface area contributed by atoms with Crippen molar-refractivity contribution < 1.29 is 9.50 Å². The van der Waals surface area contributed by atoms with Crippen molar-refractivity contribution in [1.82, 2.24) is 4.90 Å². The monoisotopic (exact) mass is 238 g/mol. The van der Waals surface area contributed by atoms with Gasteiger partial charge in [0.15, 0.2) is 0 Å². The highest BCUT2D eigenvalue weighted by atomic mass is 19.1. The fraction of sp³-hybridized carbons (Fsp3) is 0.538. The topological polar surface area (TPSA) is 49.5 Å². The van der Waals surface area contributed by atoms with Crippen LogP contribution in [0.1, 0.15) is 24.0 Å². The number of aliphatic hydroxyl groups excluding tert-OH is 1. The van der Waals surface area contributed by atoms with Crippen LogP contribution in [0.25, 0.3) is 0 Å². The zero-order chi connectivity index (χ0) is 12.3. The Kier molecular flexibility index (Phi) is 4.10. The van der Waals surface area contributed by atoms with Crippen molar-refractivity contribution in [3.05, 3.63) is 35.1 Å². The van der Waals surface area contributed by atoms with E-state index in [0.717, 1.165) is 43.6 Å². The van der Waals surface area contributed by atoms with Gasteiger partial charge in [-0.25, -0.2) is 4.39 Å².